The van der Waals surface area contributed by atoms with Crippen LogP contribution in [-0.2, 0) is 0 Å². The SMILES string of the molecule is Cc1cccc(-n2nnc(C(=O)O)c2C2CCC2)c1. The van der Waals surface area contributed by atoms with Gasteiger partial charge in [0.15, 0.2) is 5.69 Å². The summed E-state index contributed by atoms with van der Waals surface area (Å²) in [6.07, 6.45) is 3.17. The molecule has 0 spiro atoms. The molecule has 5 heteroatoms. The summed E-state index contributed by atoms with van der Waals surface area (Å²) in [5.41, 5.74) is 2.82. The average Bonchev–Trinajstić information content (AvgIpc) is 2.71. The van der Waals surface area contributed by atoms with Gasteiger partial charge in [-0.1, -0.05) is 23.8 Å². The first-order chi connectivity index (χ1) is 9.16. The van der Waals surface area contributed by atoms with E-state index in [9.17, 15) is 9.90 Å². The molecular weight excluding hydrogens is 242 g/mol. The van der Waals surface area contributed by atoms with Gasteiger partial charge >= 0.3 is 5.97 Å². The highest BCUT2D eigenvalue weighted by Crippen LogP contribution is 2.38. The third kappa shape index (κ3) is 2.01. The van der Waals surface area contributed by atoms with Crippen LogP contribution in [0.5, 0.6) is 0 Å². The zero-order valence-electron chi connectivity index (χ0n) is 10.7. The monoisotopic (exact) mass is 257 g/mol. The van der Waals surface area contributed by atoms with Crippen molar-refractivity contribution in [1.82, 2.24) is 15.0 Å². The van der Waals surface area contributed by atoms with Crippen LogP contribution in [0, 0.1) is 6.92 Å². The van der Waals surface area contributed by atoms with Gasteiger partial charge in [-0.2, -0.15) is 0 Å². The number of benzene rings is 1. The Kier molecular flexibility index (Phi) is 2.81. The Bertz CT molecular complexity index is 629. The molecule has 0 bridgehead atoms. The van der Waals surface area contributed by atoms with E-state index in [0.717, 1.165) is 36.2 Å². The van der Waals surface area contributed by atoms with E-state index < -0.39 is 5.97 Å². The van der Waals surface area contributed by atoms with E-state index in [2.05, 4.69) is 10.3 Å². The maximum absolute atomic E-state index is 11.3. The molecule has 1 aliphatic rings. The molecule has 1 fully saturated rings. The number of carboxylic acids is 1. The number of carboxylic acid groups (broad SMARTS) is 1. The Balaban J connectivity index is 2.13. The number of aromatic carboxylic acids is 1. The first-order valence-corrected chi connectivity index (χ1v) is 6.43. The van der Waals surface area contributed by atoms with Gasteiger partial charge in [0.2, 0.25) is 0 Å². The Labute approximate surface area is 110 Å². The van der Waals surface area contributed by atoms with Crippen molar-refractivity contribution >= 4 is 5.97 Å². The summed E-state index contributed by atoms with van der Waals surface area (Å²) in [5.74, 6) is -0.734. The molecule has 0 amide bonds. The fraction of sp³-hybridized carbons (Fsp3) is 0.357. The summed E-state index contributed by atoms with van der Waals surface area (Å²) in [6.45, 7) is 2.00. The van der Waals surface area contributed by atoms with Crippen LogP contribution in [-0.4, -0.2) is 26.1 Å². The van der Waals surface area contributed by atoms with Crippen molar-refractivity contribution in [3.63, 3.8) is 0 Å². The molecule has 0 aliphatic heterocycles. The van der Waals surface area contributed by atoms with Crippen molar-refractivity contribution in [2.24, 2.45) is 0 Å². The van der Waals surface area contributed by atoms with Crippen LogP contribution in [0.25, 0.3) is 5.69 Å². The second kappa shape index (κ2) is 4.50. The normalized spacial score (nSPS) is 15.2. The molecule has 1 saturated carbocycles. The highest BCUT2D eigenvalue weighted by molar-refractivity contribution is 5.86. The van der Waals surface area contributed by atoms with Crippen molar-refractivity contribution in [2.75, 3.05) is 0 Å². The molecule has 1 aromatic carbocycles. The molecule has 5 nitrogen and oxygen atoms in total. The number of carbonyl (C=O) groups is 1. The molecule has 2 aromatic rings. The number of aryl methyl sites for hydroxylation is 1. The van der Waals surface area contributed by atoms with E-state index >= 15 is 0 Å². The number of hydrogen-bond acceptors (Lipinski definition) is 3. The molecule has 1 aliphatic carbocycles. The summed E-state index contributed by atoms with van der Waals surface area (Å²) >= 11 is 0. The number of nitrogens with zero attached hydrogens (tertiary/aromatic N) is 3. The van der Waals surface area contributed by atoms with Crippen LogP contribution in [0.1, 0.15) is 46.9 Å². The van der Waals surface area contributed by atoms with Crippen molar-refractivity contribution in [1.29, 1.82) is 0 Å². The van der Waals surface area contributed by atoms with Gasteiger partial charge in [0.25, 0.3) is 0 Å². The standard InChI is InChI=1S/C14H15N3O2/c1-9-4-2-7-11(8-9)17-13(10-5-3-6-10)12(14(18)19)15-16-17/h2,4,7-8,10H,3,5-6H2,1H3,(H,18,19). The van der Waals surface area contributed by atoms with Crippen LogP contribution in [0.2, 0.25) is 0 Å². The summed E-state index contributed by atoms with van der Waals surface area (Å²) in [7, 11) is 0. The van der Waals surface area contributed by atoms with E-state index in [1.54, 1.807) is 4.68 Å². The lowest BCUT2D eigenvalue weighted by Crippen LogP contribution is -2.17. The van der Waals surface area contributed by atoms with Gasteiger partial charge in [-0.3, -0.25) is 0 Å². The maximum Gasteiger partial charge on any atom is 0.358 e. The maximum atomic E-state index is 11.3. The zero-order chi connectivity index (χ0) is 13.4. The van der Waals surface area contributed by atoms with Gasteiger partial charge in [-0.15, -0.1) is 5.10 Å². The minimum Gasteiger partial charge on any atom is -0.476 e. The quantitative estimate of drug-likeness (QED) is 0.917. The molecule has 0 radical (unpaired) electrons. The smallest absolute Gasteiger partial charge is 0.358 e. The van der Waals surface area contributed by atoms with Crippen LogP contribution in [0.4, 0.5) is 0 Å². The minimum atomic E-state index is -0.999. The highest BCUT2D eigenvalue weighted by Gasteiger charge is 2.30. The van der Waals surface area contributed by atoms with Crippen molar-refractivity contribution in [2.45, 2.75) is 32.1 Å². The largest absolute Gasteiger partial charge is 0.476 e. The molecule has 0 unspecified atom stereocenters. The molecule has 1 N–H and O–H groups in total. The van der Waals surface area contributed by atoms with Crippen LogP contribution in [0.15, 0.2) is 24.3 Å². The van der Waals surface area contributed by atoms with E-state index in [1.165, 1.54) is 0 Å². The second-order valence-corrected chi connectivity index (χ2v) is 5.01. The van der Waals surface area contributed by atoms with Crippen LogP contribution < -0.4 is 0 Å². The Morgan fingerprint density at radius 1 is 1.42 bits per heavy atom. The Morgan fingerprint density at radius 2 is 2.21 bits per heavy atom. The lowest BCUT2D eigenvalue weighted by molar-refractivity contribution is 0.0687. The van der Waals surface area contributed by atoms with Crippen molar-refractivity contribution in [3.8, 4) is 5.69 Å². The number of rotatable bonds is 3. The zero-order valence-corrected chi connectivity index (χ0v) is 10.7. The molecule has 19 heavy (non-hydrogen) atoms. The van der Waals surface area contributed by atoms with Gasteiger partial charge in [0, 0.05) is 5.92 Å². The summed E-state index contributed by atoms with van der Waals surface area (Å²) in [6, 6.07) is 7.86. The van der Waals surface area contributed by atoms with E-state index in [0.29, 0.717) is 0 Å². The highest BCUT2D eigenvalue weighted by atomic mass is 16.4. The van der Waals surface area contributed by atoms with Crippen LogP contribution >= 0.6 is 0 Å². The van der Waals surface area contributed by atoms with Gasteiger partial charge in [0.1, 0.15) is 0 Å². The van der Waals surface area contributed by atoms with Gasteiger partial charge in [-0.25, -0.2) is 9.48 Å². The lowest BCUT2D eigenvalue weighted by Gasteiger charge is -2.26. The summed E-state index contributed by atoms with van der Waals surface area (Å²) in [5, 5.41) is 17.1. The van der Waals surface area contributed by atoms with Crippen molar-refractivity contribution in [3.05, 3.63) is 41.2 Å². The summed E-state index contributed by atoms with van der Waals surface area (Å²) in [4.78, 5) is 11.3. The number of aromatic nitrogens is 3. The van der Waals surface area contributed by atoms with Gasteiger partial charge in [-0.05, 0) is 37.5 Å². The topological polar surface area (TPSA) is 68.0 Å². The van der Waals surface area contributed by atoms with E-state index in [4.69, 9.17) is 0 Å². The molecule has 0 atom stereocenters. The fourth-order valence-electron chi connectivity index (χ4n) is 2.44. The average molecular weight is 257 g/mol. The number of hydrogen-bond donors (Lipinski definition) is 1. The third-order valence-electron chi connectivity index (χ3n) is 3.65. The van der Waals surface area contributed by atoms with Crippen LogP contribution in [0.3, 0.4) is 0 Å². The first-order valence-electron chi connectivity index (χ1n) is 6.43. The molecular formula is C14H15N3O2. The van der Waals surface area contributed by atoms with Gasteiger partial charge in [0.05, 0.1) is 11.4 Å². The summed E-state index contributed by atoms with van der Waals surface area (Å²) < 4.78 is 1.68. The van der Waals surface area contributed by atoms with Crippen molar-refractivity contribution < 1.29 is 9.90 Å². The third-order valence-corrected chi connectivity index (χ3v) is 3.65. The molecule has 98 valence electrons. The fourth-order valence-corrected chi connectivity index (χ4v) is 2.44. The second-order valence-electron chi connectivity index (χ2n) is 5.01. The van der Waals surface area contributed by atoms with Gasteiger partial charge < -0.3 is 5.11 Å². The molecule has 0 saturated heterocycles. The Hall–Kier alpha value is -2.17. The minimum absolute atomic E-state index is 0.0891. The molecule has 3 rings (SSSR count). The van der Waals surface area contributed by atoms with E-state index in [1.807, 2.05) is 31.2 Å². The Morgan fingerprint density at radius 3 is 2.79 bits per heavy atom. The predicted octanol–water partition coefficient (Wildman–Crippen LogP) is 2.54. The lowest BCUT2D eigenvalue weighted by atomic mass is 9.82. The van der Waals surface area contributed by atoms with E-state index in [-0.39, 0.29) is 11.6 Å². The molecule has 1 aromatic heterocycles. The first kappa shape index (κ1) is 11.9. The molecule has 1 heterocycles. The predicted molar refractivity (Wildman–Crippen MR) is 69.6 cm³/mol.